The molecule has 0 fully saturated rings. The number of thiazole rings is 1. The highest BCUT2D eigenvalue weighted by Crippen LogP contribution is 2.31. The predicted molar refractivity (Wildman–Crippen MR) is 121 cm³/mol. The van der Waals surface area contributed by atoms with E-state index in [1.807, 2.05) is 19.0 Å². The van der Waals surface area contributed by atoms with E-state index in [1.54, 1.807) is 18.2 Å². The van der Waals surface area contributed by atoms with Crippen molar-refractivity contribution in [1.29, 1.82) is 0 Å². The molecule has 0 bridgehead atoms. The van der Waals surface area contributed by atoms with Crippen LogP contribution in [0.15, 0.2) is 47.4 Å². The van der Waals surface area contributed by atoms with Gasteiger partial charge in [0.15, 0.2) is 20.8 Å². The number of carbonyl (C=O) groups excluding carboxylic acids is 1. The monoisotopic (exact) mass is 489 g/mol. The summed E-state index contributed by atoms with van der Waals surface area (Å²) >= 11 is 0.989. The zero-order chi connectivity index (χ0) is 21.9. The molecule has 31 heavy (non-hydrogen) atoms. The highest BCUT2D eigenvalue weighted by Gasteiger charge is 2.24. The lowest BCUT2D eigenvalue weighted by Crippen LogP contribution is -2.37. The summed E-state index contributed by atoms with van der Waals surface area (Å²) in [4.78, 5) is 20.4. The first-order valence-corrected chi connectivity index (χ1v) is 11.6. The maximum atomic E-state index is 14.0. The molecule has 0 aliphatic heterocycles. The van der Waals surface area contributed by atoms with Crippen LogP contribution in [-0.4, -0.2) is 57.1 Å². The maximum Gasteiger partial charge on any atom is 0.229 e. The van der Waals surface area contributed by atoms with Crippen LogP contribution in [0.1, 0.15) is 6.42 Å². The Labute approximate surface area is 189 Å². The van der Waals surface area contributed by atoms with Crippen molar-refractivity contribution in [2.75, 3.05) is 37.8 Å². The molecule has 0 N–H and O–H groups in total. The highest BCUT2D eigenvalue weighted by molar-refractivity contribution is 7.91. The third kappa shape index (κ3) is 6.19. The normalized spacial score (nSPS) is 11.5. The van der Waals surface area contributed by atoms with E-state index in [1.165, 1.54) is 17.0 Å². The second-order valence-electron chi connectivity index (χ2n) is 6.96. The molecular weight excluding hydrogens is 468 g/mol. The number of likely N-dealkylation sites (N-methyl/N-ethyl adjacent to an activating group) is 1. The summed E-state index contributed by atoms with van der Waals surface area (Å²) < 4.78 is 52.8. The topological polar surface area (TPSA) is 70.6 Å². The minimum atomic E-state index is -3.62. The molecule has 1 heterocycles. The van der Waals surface area contributed by atoms with E-state index in [2.05, 4.69) is 4.98 Å². The predicted octanol–water partition coefficient (Wildman–Crippen LogP) is 3.75. The minimum Gasteiger partial charge on any atom is -0.308 e. The molecule has 0 atom stereocenters. The first kappa shape index (κ1) is 25.1. The third-order valence-electron chi connectivity index (χ3n) is 4.39. The Hall–Kier alpha value is -2.14. The minimum absolute atomic E-state index is 0. The van der Waals surface area contributed by atoms with Crippen molar-refractivity contribution in [1.82, 2.24) is 9.88 Å². The standard InChI is InChI=1S/C20H21F2N3O3S2.ClH/c1-24(2)9-10-25(20-23-19-16(22)12-14(21)13-17(19)29-20)18(26)8-11-30(27,28)15-6-4-3-5-7-15;/h3-7,12-13H,8-11H2,1-2H3;1H. The van der Waals surface area contributed by atoms with Gasteiger partial charge in [-0.25, -0.2) is 22.2 Å². The van der Waals surface area contributed by atoms with Crippen LogP contribution in [0.3, 0.4) is 0 Å². The van der Waals surface area contributed by atoms with E-state index in [-0.39, 0.29) is 51.4 Å². The average Bonchev–Trinajstić information content (AvgIpc) is 3.11. The number of fused-ring (bicyclic) bond motifs is 1. The van der Waals surface area contributed by atoms with Crippen LogP contribution in [0.2, 0.25) is 0 Å². The molecule has 0 spiro atoms. The summed E-state index contributed by atoms with van der Waals surface area (Å²) in [5.41, 5.74) is -0.0176. The van der Waals surface area contributed by atoms with Crippen molar-refractivity contribution in [3.63, 3.8) is 0 Å². The van der Waals surface area contributed by atoms with Gasteiger partial charge in [-0.15, -0.1) is 12.4 Å². The van der Waals surface area contributed by atoms with E-state index < -0.39 is 27.4 Å². The molecule has 2 aromatic carbocycles. The van der Waals surface area contributed by atoms with Gasteiger partial charge in [0.25, 0.3) is 0 Å². The van der Waals surface area contributed by atoms with Crippen LogP contribution < -0.4 is 4.90 Å². The average molecular weight is 490 g/mol. The van der Waals surface area contributed by atoms with E-state index in [9.17, 15) is 22.0 Å². The van der Waals surface area contributed by atoms with Crippen LogP contribution in [0.4, 0.5) is 13.9 Å². The number of hydrogen-bond donors (Lipinski definition) is 0. The second kappa shape index (κ2) is 10.4. The van der Waals surface area contributed by atoms with E-state index in [0.29, 0.717) is 6.54 Å². The van der Waals surface area contributed by atoms with Crippen LogP contribution in [0.25, 0.3) is 10.2 Å². The smallest absolute Gasteiger partial charge is 0.229 e. The van der Waals surface area contributed by atoms with Gasteiger partial charge in [0.1, 0.15) is 11.3 Å². The van der Waals surface area contributed by atoms with Gasteiger partial charge in [0, 0.05) is 25.6 Å². The van der Waals surface area contributed by atoms with Crippen LogP contribution in [0, 0.1) is 11.6 Å². The van der Waals surface area contributed by atoms with Gasteiger partial charge in [0.05, 0.1) is 15.3 Å². The lowest BCUT2D eigenvalue weighted by Gasteiger charge is -2.22. The molecule has 3 rings (SSSR count). The summed E-state index contributed by atoms with van der Waals surface area (Å²) in [6.45, 7) is 0.727. The van der Waals surface area contributed by atoms with Gasteiger partial charge in [-0.3, -0.25) is 9.69 Å². The summed E-state index contributed by atoms with van der Waals surface area (Å²) in [5.74, 6) is -2.34. The molecule has 1 aromatic heterocycles. The van der Waals surface area contributed by atoms with Gasteiger partial charge >= 0.3 is 0 Å². The van der Waals surface area contributed by atoms with Crippen molar-refractivity contribution in [3.05, 3.63) is 54.1 Å². The number of hydrogen-bond acceptors (Lipinski definition) is 6. The van der Waals surface area contributed by atoms with Crippen molar-refractivity contribution >= 4 is 54.8 Å². The molecule has 1 amide bonds. The lowest BCUT2D eigenvalue weighted by atomic mass is 10.3. The third-order valence-corrected chi connectivity index (χ3v) is 7.15. The number of nitrogens with zero attached hydrogens (tertiary/aromatic N) is 3. The molecule has 0 unspecified atom stereocenters. The van der Waals surface area contributed by atoms with Crippen molar-refractivity contribution < 1.29 is 22.0 Å². The van der Waals surface area contributed by atoms with E-state index in [4.69, 9.17) is 0 Å². The SMILES string of the molecule is CN(C)CCN(C(=O)CCS(=O)(=O)c1ccccc1)c1nc2c(F)cc(F)cc2s1.Cl. The number of anilines is 1. The molecule has 0 radical (unpaired) electrons. The Morgan fingerprint density at radius 3 is 2.42 bits per heavy atom. The van der Waals surface area contributed by atoms with Gasteiger partial charge < -0.3 is 4.90 Å². The molecular formula is C20H22ClF2N3O3S2. The maximum absolute atomic E-state index is 14.0. The zero-order valence-corrected chi connectivity index (χ0v) is 19.4. The Bertz CT molecular complexity index is 1160. The van der Waals surface area contributed by atoms with E-state index in [0.717, 1.165) is 23.5 Å². The molecule has 0 saturated carbocycles. The number of amides is 1. The molecule has 11 heteroatoms. The molecule has 0 saturated heterocycles. The fraction of sp³-hybridized carbons (Fsp3) is 0.300. The fourth-order valence-corrected chi connectivity index (χ4v) is 5.09. The number of sulfone groups is 1. The zero-order valence-electron chi connectivity index (χ0n) is 16.9. The Morgan fingerprint density at radius 2 is 1.77 bits per heavy atom. The number of aromatic nitrogens is 1. The van der Waals surface area contributed by atoms with Crippen molar-refractivity contribution in [3.8, 4) is 0 Å². The lowest BCUT2D eigenvalue weighted by molar-refractivity contribution is -0.118. The second-order valence-corrected chi connectivity index (χ2v) is 10.1. The van der Waals surface area contributed by atoms with Crippen molar-refractivity contribution in [2.45, 2.75) is 11.3 Å². The number of halogens is 3. The molecule has 0 aliphatic carbocycles. The number of rotatable bonds is 8. The van der Waals surface area contributed by atoms with Crippen molar-refractivity contribution in [2.24, 2.45) is 0 Å². The quantitative estimate of drug-likeness (QED) is 0.482. The summed E-state index contributed by atoms with van der Waals surface area (Å²) in [5, 5.41) is 0.207. The van der Waals surface area contributed by atoms with Crippen LogP contribution in [-0.2, 0) is 14.6 Å². The van der Waals surface area contributed by atoms with Gasteiger partial charge in [-0.1, -0.05) is 29.5 Å². The number of benzene rings is 2. The molecule has 3 aromatic rings. The number of carbonyl (C=O) groups is 1. The van der Waals surface area contributed by atoms with Gasteiger partial charge in [0.2, 0.25) is 5.91 Å². The Morgan fingerprint density at radius 1 is 1.10 bits per heavy atom. The molecule has 0 aliphatic rings. The Balaban J connectivity index is 0.00000341. The molecule has 168 valence electrons. The largest absolute Gasteiger partial charge is 0.308 e. The van der Waals surface area contributed by atoms with E-state index >= 15 is 0 Å². The van der Waals surface area contributed by atoms with Gasteiger partial charge in [-0.05, 0) is 32.3 Å². The summed E-state index contributed by atoms with van der Waals surface area (Å²) in [6.07, 6.45) is -0.253. The van der Waals surface area contributed by atoms with Gasteiger partial charge in [-0.2, -0.15) is 0 Å². The fourth-order valence-electron chi connectivity index (χ4n) is 2.79. The Kier molecular flexibility index (Phi) is 8.47. The van der Waals surface area contributed by atoms with Crippen LogP contribution >= 0.6 is 23.7 Å². The van der Waals surface area contributed by atoms with Crippen LogP contribution in [0.5, 0.6) is 0 Å². The highest BCUT2D eigenvalue weighted by atomic mass is 35.5. The first-order chi connectivity index (χ1) is 14.2. The summed E-state index contributed by atoms with van der Waals surface area (Å²) in [6, 6.07) is 9.81. The summed E-state index contributed by atoms with van der Waals surface area (Å²) in [7, 11) is 0.0348. The first-order valence-electron chi connectivity index (χ1n) is 9.16. The molecule has 6 nitrogen and oxygen atoms in total.